The number of piperazine rings is 1. The number of aromatic nitrogens is 4. The number of hydrogen-bond acceptors (Lipinski definition) is 8. The highest BCUT2D eigenvalue weighted by atomic mass is 16.3. The topological polar surface area (TPSA) is 74.4 Å². The van der Waals surface area contributed by atoms with Crippen LogP contribution >= 0.6 is 0 Å². The molecule has 0 bridgehead atoms. The lowest BCUT2D eigenvalue weighted by Gasteiger charge is -2.49. The van der Waals surface area contributed by atoms with E-state index in [9.17, 15) is 0 Å². The molecule has 0 spiro atoms. The Morgan fingerprint density at radius 1 is 0.939 bits per heavy atom. The Labute approximate surface area is 193 Å². The summed E-state index contributed by atoms with van der Waals surface area (Å²) in [6, 6.07) is 11.2. The van der Waals surface area contributed by atoms with Gasteiger partial charge in [0.25, 0.3) is 0 Å². The van der Waals surface area contributed by atoms with Gasteiger partial charge in [-0.15, -0.1) is 0 Å². The molecule has 0 saturated carbocycles. The molecule has 33 heavy (non-hydrogen) atoms. The number of oxazole rings is 1. The molecule has 2 fully saturated rings. The molecule has 0 N–H and O–H groups in total. The van der Waals surface area contributed by atoms with Gasteiger partial charge in [0.1, 0.15) is 16.9 Å². The van der Waals surface area contributed by atoms with Crippen molar-refractivity contribution in [2.45, 2.75) is 32.9 Å². The van der Waals surface area contributed by atoms with Crippen LogP contribution in [0.1, 0.15) is 19.7 Å². The molecule has 0 amide bonds. The fourth-order valence-corrected chi connectivity index (χ4v) is 4.90. The second-order valence-corrected chi connectivity index (χ2v) is 9.41. The zero-order valence-corrected chi connectivity index (χ0v) is 19.4. The fourth-order valence-electron chi connectivity index (χ4n) is 4.90. The van der Waals surface area contributed by atoms with Gasteiger partial charge in [-0.2, -0.15) is 0 Å². The summed E-state index contributed by atoms with van der Waals surface area (Å²) in [6.45, 7) is 13.1. The van der Waals surface area contributed by atoms with E-state index < -0.39 is 0 Å². The number of rotatable bonds is 4. The molecule has 2 aliphatic rings. The Morgan fingerprint density at radius 2 is 1.76 bits per heavy atom. The summed E-state index contributed by atoms with van der Waals surface area (Å²) in [6.07, 6.45) is 1.88. The van der Waals surface area contributed by atoms with Crippen LogP contribution in [0.4, 0.5) is 5.82 Å². The van der Waals surface area contributed by atoms with E-state index in [1.165, 1.54) is 0 Å². The first-order chi connectivity index (χ1) is 16.0. The molecule has 2 saturated heterocycles. The maximum atomic E-state index is 5.59. The quantitative estimate of drug-likeness (QED) is 0.475. The van der Waals surface area contributed by atoms with Crippen LogP contribution in [0.3, 0.4) is 0 Å². The molecule has 6 rings (SSSR count). The molecular formula is C25H29N7O. The summed E-state index contributed by atoms with van der Waals surface area (Å²) < 4.78 is 5.59. The van der Waals surface area contributed by atoms with E-state index in [1.807, 2.05) is 43.5 Å². The van der Waals surface area contributed by atoms with Crippen molar-refractivity contribution in [2.24, 2.45) is 0 Å². The van der Waals surface area contributed by atoms with Crippen molar-refractivity contribution in [3.63, 3.8) is 0 Å². The summed E-state index contributed by atoms with van der Waals surface area (Å²) in [5, 5.41) is 0. The van der Waals surface area contributed by atoms with E-state index in [1.54, 1.807) is 0 Å². The van der Waals surface area contributed by atoms with Crippen LogP contribution in [0.15, 0.2) is 40.9 Å². The van der Waals surface area contributed by atoms with Crippen molar-refractivity contribution < 1.29 is 4.42 Å². The third kappa shape index (κ3) is 3.83. The SMILES string of the molecule is Cc1nc2cc(-c3ccc4ncc(N5CC(N6CCN(C(C)C)CC6)C5)nc4n3)ccc2o1. The predicted molar refractivity (Wildman–Crippen MR) is 129 cm³/mol. The molecule has 5 heterocycles. The summed E-state index contributed by atoms with van der Waals surface area (Å²) in [4.78, 5) is 26.2. The number of anilines is 1. The average molecular weight is 444 g/mol. The van der Waals surface area contributed by atoms with Crippen molar-refractivity contribution in [1.82, 2.24) is 29.7 Å². The Morgan fingerprint density at radius 3 is 2.55 bits per heavy atom. The third-order valence-electron chi connectivity index (χ3n) is 6.97. The molecular weight excluding hydrogens is 414 g/mol. The number of benzene rings is 1. The van der Waals surface area contributed by atoms with Crippen LogP contribution < -0.4 is 4.90 Å². The van der Waals surface area contributed by atoms with Crippen LogP contribution in [0.5, 0.6) is 0 Å². The van der Waals surface area contributed by atoms with Crippen molar-refractivity contribution in [3.05, 3.63) is 42.4 Å². The minimum atomic E-state index is 0.605. The lowest BCUT2D eigenvalue weighted by atomic mass is 10.1. The van der Waals surface area contributed by atoms with Gasteiger partial charge in [0.05, 0.1) is 11.9 Å². The van der Waals surface area contributed by atoms with Gasteiger partial charge >= 0.3 is 0 Å². The van der Waals surface area contributed by atoms with Crippen molar-refractivity contribution in [2.75, 3.05) is 44.2 Å². The number of hydrogen-bond donors (Lipinski definition) is 0. The van der Waals surface area contributed by atoms with Crippen LogP contribution in [0.2, 0.25) is 0 Å². The first-order valence-electron chi connectivity index (χ1n) is 11.8. The maximum Gasteiger partial charge on any atom is 0.192 e. The van der Waals surface area contributed by atoms with E-state index in [0.29, 0.717) is 23.6 Å². The zero-order chi connectivity index (χ0) is 22.5. The Hall–Kier alpha value is -3.10. The molecule has 170 valence electrons. The molecule has 0 atom stereocenters. The normalized spacial score (nSPS) is 18.5. The number of pyridine rings is 1. The van der Waals surface area contributed by atoms with E-state index >= 15 is 0 Å². The predicted octanol–water partition coefficient (Wildman–Crippen LogP) is 3.36. The Balaban J connectivity index is 1.18. The molecule has 0 radical (unpaired) electrons. The van der Waals surface area contributed by atoms with Gasteiger partial charge in [-0.05, 0) is 44.2 Å². The number of fused-ring (bicyclic) bond motifs is 2. The minimum Gasteiger partial charge on any atom is -0.441 e. The van der Waals surface area contributed by atoms with Crippen LogP contribution in [0, 0.1) is 6.92 Å². The first kappa shape index (κ1) is 20.5. The zero-order valence-electron chi connectivity index (χ0n) is 19.4. The van der Waals surface area contributed by atoms with E-state index in [-0.39, 0.29) is 0 Å². The highest BCUT2D eigenvalue weighted by Crippen LogP contribution is 2.27. The molecule has 4 aromatic rings. The fraction of sp³-hybridized carbons (Fsp3) is 0.440. The van der Waals surface area contributed by atoms with Crippen molar-refractivity contribution in [1.29, 1.82) is 0 Å². The molecule has 0 unspecified atom stereocenters. The first-order valence-corrected chi connectivity index (χ1v) is 11.8. The summed E-state index contributed by atoms with van der Waals surface area (Å²) in [7, 11) is 0. The molecule has 1 aromatic carbocycles. The smallest absolute Gasteiger partial charge is 0.192 e. The van der Waals surface area contributed by atoms with Crippen molar-refractivity contribution >= 4 is 28.1 Å². The van der Waals surface area contributed by atoms with Crippen LogP contribution in [-0.4, -0.2) is 81.1 Å². The van der Waals surface area contributed by atoms with Gasteiger partial charge in [-0.3, -0.25) is 9.80 Å². The Bertz CT molecular complexity index is 1300. The summed E-state index contributed by atoms with van der Waals surface area (Å²) in [5.41, 5.74) is 4.97. The lowest BCUT2D eigenvalue weighted by Crippen LogP contribution is -2.63. The second-order valence-electron chi connectivity index (χ2n) is 9.41. The lowest BCUT2D eigenvalue weighted by molar-refractivity contribution is 0.0676. The molecule has 2 aliphatic heterocycles. The molecule has 0 aliphatic carbocycles. The van der Waals surface area contributed by atoms with Crippen LogP contribution in [0.25, 0.3) is 33.5 Å². The van der Waals surface area contributed by atoms with E-state index in [2.05, 4.69) is 38.5 Å². The standard InChI is InChI=1S/C25H29N7O/c1-16(2)30-8-10-31(11-9-30)19-14-32(15-19)24-13-26-21-6-5-20(28-25(21)29-24)18-4-7-23-22(12-18)27-17(3)33-23/h4-7,12-13,16,19H,8-11,14-15H2,1-3H3. The van der Waals surface area contributed by atoms with Gasteiger partial charge in [0.15, 0.2) is 17.1 Å². The highest BCUT2D eigenvalue weighted by molar-refractivity contribution is 5.82. The largest absolute Gasteiger partial charge is 0.441 e. The van der Waals surface area contributed by atoms with Gasteiger partial charge in [-0.25, -0.2) is 19.9 Å². The van der Waals surface area contributed by atoms with Gasteiger partial charge in [-0.1, -0.05) is 0 Å². The number of nitrogens with zero attached hydrogens (tertiary/aromatic N) is 7. The second kappa shape index (κ2) is 8.04. The monoisotopic (exact) mass is 443 g/mol. The van der Waals surface area contributed by atoms with Gasteiger partial charge in [0.2, 0.25) is 0 Å². The van der Waals surface area contributed by atoms with Crippen LogP contribution in [-0.2, 0) is 0 Å². The third-order valence-corrected chi connectivity index (χ3v) is 6.97. The molecule has 8 heteroatoms. The maximum absolute atomic E-state index is 5.59. The van der Waals surface area contributed by atoms with E-state index in [4.69, 9.17) is 14.4 Å². The summed E-state index contributed by atoms with van der Waals surface area (Å²) >= 11 is 0. The van der Waals surface area contributed by atoms with Gasteiger partial charge in [0, 0.05) is 63.8 Å². The van der Waals surface area contributed by atoms with Crippen molar-refractivity contribution in [3.8, 4) is 11.3 Å². The highest BCUT2D eigenvalue weighted by Gasteiger charge is 2.34. The average Bonchev–Trinajstić information content (AvgIpc) is 3.17. The minimum absolute atomic E-state index is 0.605. The van der Waals surface area contributed by atoms with E-state index in [0.717, 1.165) is 73.0 Å². The number of aryl methyl sites for hydroxylation is 1. The molecule has 3 aromatic heterocycles. The molecule has 8 nitrogen and oxygen atoms in total. The Kier molecular flexibility index (Phi) is 4.99. The summed E-state index contributed by atoms with van der Waals surface area (Å²) in [5.74, 6) is 1.57. The van der Waals surface area contributed by atoms with Gasteiger partial charge < -0.3 is 9.32 Å².